The predicted octanol–water partition coefficient (Wildman–Crippen LogP) is 2.69. The Balaban J connectivity index is 1.56. The number of hydrogen-bond donors (Lipinski definition) is 1. The van der Waals surface area contributed by atoms with Crippen LogP contribution in [0.15, 0.2) is 35.8 Å². The van der Waals surface area contributed by atoms with Crippen molar-refractivity contribution >= 4 is 11.3 Å². The monoisotopic (exact) mass is 322 g/mol. The van der Waals surface area contributed by atoms with E-state index in [-0.39, 0.29) is 12.4 Å². The second-order valence-corrected chi connectivity index (χ2v) is 6.69. The van der Waals surface area contributed by atoms with Crippen molar-refractivity contribution in [3.8, 4) is 5.75 Å². The molecule has 4 nitrogen and oxygen atoms in total. The number of nitrogens with zero attached hydrogens (tertiary/aromatic N) is 2. The van der Waals surface area contributed by atoms with Crippen molar-refractivity contribution in [2.75, 3.05) is 19.7 Å². The summed E-state index contributed by atoms with van der Waals surface area (Å²) in [6.45, 7) is 2.50. The number of hydrogen-bond acceptors (Lipinski definition) is 5. The van der Waals surface area contributed by atoms with Crippen LogP contribution in [0.25, 0.3) is 0 Å². The average Bonchev–Trinajstić information content (AvgIpc) is 3.00. The van der Waals surface area contributed by atoms with Gasteiger partial charge < -0.3 is 9.84 Å². The van der Waals surface area contributed by atoms with Crippen LogP contribution in [0, 0.1) is 5.82 Å². The van der Waals surface area contributed by atoms with Gasteiger partial charge in [0.2, 0.25) is 0 Å². The van der Waals surface area contributed by atoms with E-state index in [4.69, 9.17) is 4.74 Å². The Morgan fingerprint density at radius 3 is 2.91 bits per heavy atom. The zero-order chi connectivity index (χ0) is 15.4. The summed E-state index contributed by atoms with van der Waals surface area (Å²) in [5.74, 6) is 0.283. The fourth-order valence-corrected chi connectivity index (χ4v) is 3.39. The highest BCUT2D eigenvalue weighted by atomic mass is 32.1. The molecule has 1 aliphatic rings. The summed E-state index contributed by atoms with van der Waals surface area (Å²) in [6.07, 6.45) is 3.44. The number of halogens is 1. The molecular weight excluding hydrogens is 303 g/mol. The van der Waals surface area contributed by atoms with Crippen molar-refractivity contribution in [3.05, 3.63) is 46.7 Å². The number of ether oxygens (including phenoxy) is 1. The average molecular weight is 322 g/mol. The van der Waals surface area contributed by atoms with Gasteiger partial charge in [-0.05, 0) is 43.7 Å². The summed E-state index contributed by atoms with van der Waals surface area (Å²) < 4.78 is 18.5. The van der Waals surface area contributed by atoms with E-state index < -0.39 is 5.60 Å². The maximum atomic E-state index is 12.9. The van der Waals surface area contributed by atoms with E-state index in [1.165, 1.54) is 12.1 Å². The quantitative estimate of drug-likeness (QED) is 0.919. The minimum Gasteiger partial charge on any atom is -0.491 e. The largest absolute Gasteiger partial charge is 0.491 e. The standard InChI is InChI=1S/C16H19FN2O2S/c17-13-2-4-14(5-3-13)21-12-16(20)6-1-8-19(11-16)10-15-18-7-9-22-15/h2-5,7,9,20H,1,6,8,10-12H2. The van der Waals surface area contributed by atoms with Gasteiger partial charge in [0.05, 0.1) is 6.54 Å². The van der Waals surface area contributed by atoms with E-state index in [1.54, 1.807) is 29.7 Å². The lowest BCUT2D eigenvalue weighted by Gasteiger charge is -2.38. The van der Waals surface area contributed by atoms with Gasteiger partial charge in [-0.3, -0.25) is 4.90 Å². The number of thiazole rings is 1. The van der Waals surface area contributed by atoms with Gasteiger partial charge in [-0.25, -0.2) is 9.37 Å². The summed E-state index contributed by atoms with van der Waals surface area (Å²) in [4.78, 5) is 6.49. The van der Waals surface area contributed by atoms with Crippen molar-refractivity contribution in [2.24, 2.45) is 0 Å². The molecule has 1 atom stereocenters. The molecule has 0 saturated carbocycles. The Kier molecular flexibility index (Phi) is 4.71. The zero-order valence-corrected chi connectivity index (χ0v) is 13.1. The van der Waals surface area contributed by atoms with Crippen LogP contribution in [0.2, 0.25) is 0 Å². The van der Waals surface area contributed by atoms with E-state index in [1.807, 2.05) is 5.38 Å². The van der Waals surface area contributed by atoms with Crippen LogP contribution >= 0.6 is 11.3 Å². The second kappa shape index (κ2) is 6.73. The zero-order valence-electron chi connectivity index (χ0n) is 12.2. The highest BCUT2D eigenvalue weighted by molar-refractivity contribution is 7.09. The van der Waals surface area contributed by atoms with Crippen LogP contribution in [0.3, 0.4) is 0 Å². The van der Waals surface area contributed by atoms with Gasteiger partial charge >= 0.3 is 0 Å². The van der Waals surface area contributed by atoms with Crippen LogP contribution in [0.4, 0.5) is 4.39 Å². The maximum Gasteiger partial charge on any atom is 0.123 e. The minimum absolute atomic E-state index is 0.215. The van der Waals surface area contributed by atoms with Crippen molar-refractivity contribution in [1.29, 1.82) is 0 Å². The van der Waals surface area contributed by atoms with Crippen molar-refractivity contribution in [3.63, 3.8) is 0 Å². The Hall–Kier alpha value is -1.50. The van der Waals surface area contributed by atoms with E-state index in [0.29, 0.717) is 18.7 Å². The summed E-state index contributed by atoms with van der Waals surface area (Å²) in [7, 11) is 0. The number of rotatable bonds is 5. The van der Waals surface area contributed by atoms with Crippen molar-refractivity contribution < 1.29 is 14.2 Å². The SMILES string of the molecule is OC1(COc2ccc(F)cc2)CCCN(Cc2nccs2)C1. The third-order valence-electron chi connectivity index (χ3n) is 3.80. The van der Waals surface area contributed by atoms with Gasteiger partial charge in [0, 0.05) is 18.1 Å². The normalized spacial score (nSPS) is 22.6. The Morgan fingerprint density at radius 1 is 1.36 bits per heavy atom. The third-order valence-corrected chi connectivity index (χ3v) is 4.56. The number of piperidine rings is 1. The molecule has 6 heteroatoms. The molecule has 1 aromatic heterocycles. The summed E-state index contributed by atoms with van der Waals surface area (Å²) in [6, 6.07) is 5.87. The summed E-state index contributed by atoms with van der Waals surface area (Å²) in [5.41, 5.74) is -0.871. The molecule has 22 heavy (non-hydrogen) atoms. The fourth-order valence-electron chi connectivity index (χ4n) is 2.73. The molecule has 118 valence electrons. The number of likely N-dealkylation sites (tertiary alicyclic amines) is 1. The molecule has 0 amide bonds. The maximum absolute atomic E-state index is 12.9. The van der Waals surface area contributed by atoms with Gasteiger partial charge in [-0.1, -0.05) is 0 Å². The van der Waals surface area contributed by atoms with Gasteiger partial charge in [-0.15, -0.1) is 11.3 Å². The van der Waals surface area contributed by atoms with Gasteiger partial charge in [-0.2, -0.15) is 0 Å². The fraction of sp³-hybridized carbons (Fsp3) is 0.438. The molecule has 2 aromatic rings. The van der Waals surface area contributed by atoms with Crippen LogP contribution < -0.4 is 4.74 Å². The lowest BCUT2D eigenvalue weighted by Crippen LogP contribution is -2.51. The smallest absolute Gasteiger partial charge is 0.123 e. The Bertz CT molecular complexity index is 591. The molecule has 3 rings (SSSR count). The number of aliphatic hydroxyl groups is 1. The molecule has 1 N–H and O–H groups in total. The first kappa shape index (κ1) is 15.4. The first-order chi connectivity index (χ1) is 10.6. The molecule has 0 aliphatic carbocycles. The van der Waals surface area contributed by atoms with Crippen molar-refractivity contribution in [1.82, 2.24) is 9.88 Å². The van der Waals surface area contributed by atoms with Crippen LogP contribution in [0.1, 0.15) is 17.8 Å². The minimum atomic E-state index is -0.871. The molecule has 2 heterocycles. The first-order valence-electron chi connectivity index (χ1n) is 7.34. The molecule has 1 unspecified atom stereocenters. The lowest BCUT2D eigenvalue weighted by molar-refractivity contribution is -0.0621. The first-order valence-corrected chi connectivity index (χ1v) is 8.22. The van der Waals surface area contributed by atoms with E-state index >= 15 is 0 Å². The number of β-amino-alcohol motifs (C(OH)–C–C–N with tert-alkyl or cyclic N) is 1. The topological polar surface area (TPSA) is 45.6 Å². The molecule has 1 aliphatic heterocycles. The molecular formula is C16H19FN2O2S. The van der Waals surface area contributed by atoms with Gasteiger partial charge in [0.25, 0.3) is 0 Å². The molecule has 0 bridgehead atoms. The van der Waals surface area contributed by atoms with E-state index in [0.717, 1.165) is 24.5 Å². The lowest BCUT2D eigenvalue weighted by atomic mass is 9.94. The van der Waals surface area contributed by atoms with Crippen LogP contribution in [-0.4, -0.2) is 40.3 Å². The molecule has 1 fully saturated rings. The summed E-state index contributed by atoms with van der Waals surface area (Å²) >= 11 is 1.63. The Labute approximate surface area is 133 Å². The molecule has 1 saturated heterocycles. The third kappa shape index (κ3) is 4.03. The van der Waals surface area contributed by atoms with Gasteiger partial charge in [0.15, 0.2) is 0 Å². The summed E-state index contributed by atoms with van der Waals surface area (Å²) in [5, 5.41) is 13.7. The molecule has 0 radical (unpaired) electrons. The van der Waals surface area contributed by atoms with Crippen molar-refractivity contribution in [2.45, 2.75) is 25.0 Å². The Morgan fingerprint density at radius 2 is 2.18 bits per heavy atom. The van der Waals surface area contributed by atoms with Gasteiger partial charge in [0.1, 0.15) is 28.8 Å². The van der Waals surface area contributed by atoms with E-state index in [2.05, 4.69) is 9.88 Å². The van der Waals surface area contributed by atoms with E-state index in [9.17, 15) is 9.50 Å². The number of benzene rings is 1. The second-order valence-electron chi connectivity index (χ2n) is 5.71. The highest BCUT2D eigenvalue weighted by Gasteiger charge is 2.34. The van der Waals surface area contributed by atoms with Crippen LogP contribution in [0.5, 0.6) is 5.75 Å². The van der Waals surface area contributed by atoms with Crippen LogP contribution in [-0.2, 0) is 6.54 Å². The highest BCUT2D eigenvalue weighted by Crippen LogP contribution is 2.24. The predicted molar refractivity (Wildman–Crippen MR) is 83.5 cm³/mol. The molecule has 0 spiro atoms. The number of aromatic nitrogens is 1. The molecule has 1 aromatic carbocycles.